The Bertz CT molecular complexity index is 508. The van der Waals surface area contributed by atoms with E-state index in [-0.39, 0.29) is 0 Å². The third-order valence-electron chi connectivity index (χ3n) is 3.05. The van der Waals surface area contributed by atoms with Crippen LogP contribution in [-0.4, -0.2) is 6.04 Å². The van der Waals surface area contributed by atoms with Crippen LogP contribution in [0, 0.1) is 6.92 Å². The second-order valence-corrected chi connectivity index (χ2v) is 5.50. The number of hydrogen-bond acceptors (Lipinski definition) is 1. The fourth-order valence-corrected chi connectivity index (χ4v) is 2.41. The van der Waals surface area contributed by atoms with Gasteiger partial charge in [0, 0.05) is 16.2 Å². The van der Waals surface area contributed by atoms with Crippen molar-refractivity contribution in [2.45, 2.75) is 26.3 Å². The molecule has 94 valence electrons. The van der Waals surface area contributed by atoms with E-state index < -0.39 is 0 Å². The average molecular weight is 304 g/mol. The van der Waals surface area contributed by atoms with Crippen molar-refractivity contribution in [1.29, 1.82) is 0 Å². The smallest absolute Gasteiger partial charge is 0.0383 e. The van der Waals surface area contributed by atoms with Crippen LogP contribution in [0.5, 0.6) is 0 Å². The van der Waals surface area contributed by atoms with Crippen LogP contribution < -0.4 is 5.32 Å². The molecule has 0 bridgehead atoms. The van der Waals surface area contributed by atoms with Gasteiger partial charge in [0.2, 0.25) is 0 Å². The van der Waals surface area contributed by atoms with E-state index in [9.17, 15) is 0 Å². The van der Waals surface area contributed by atoms with Gasteiger partial charge in [0.05, 0.1) is 0 Å². The first kappa shape index (κ1) is 13.2. The van der Waals surface area contributed by atoms with Crippen LogP contribution in [0.15, 0.2) is 53.0 Å². The third kappa shape index (κ3) is 3.36. The van der Waals surface area contributed by atoms with E-state index in [0.717, 1.165) is 10.9 Å². The molecule has 0 amide bonds. The summed E-state index contributed by atoms with van der Waals surface area (Å²) >= 11 is 3.56. The maximum atomic E-state index is 3.57. The number of hydrogen-bond donors (Lipinski definition) is 1. The van der Waals surface area contributed by atoms with Gasteiger partial charge in [0.1, 0.15) is 0 Å². The van der Waals surface area contributed by atoms with Gasteiger partial charge < -0.3 is 5.32 Å². The van der Waals surface area contributed by atoms with Crippen molar-refractivity contribution in [2.75, 3.05) is 5.32 Å². The first-order valence-corrected chi connectivity index (χ1v) is 7.01. The molecule has 18 heavy (non-hydrogen) atoms. The van der Waals surface area contributed by atoms with Crippen LogP contribution in [-0.2, 0) is 6.42 Å². The molecule has 0 saturated carbocycles. The predicted molar refractivity (Wildman–Crippen MR) is 82.1 cm³/mol. The summed E-state index contributed by atoms with van der Waals surface area (Å²) in [5.74, 6) is 0. The summed E-state index contributed by atoms with van der Waals surface area (Å²) in [5.41, 5.74) is 3.83. The van der Waals surface area contributed by atoms with Crippen molar-refractivity contribution >= 4 is 21.6 Å². The van der Waals surface area contributed by atoms with Crippen molar-refractivity contribution in [3.8, 4) is 0 Å². The van der Waals surface area contributed by atoms with Crippen LogP contribution in [0.3, 0.4) is 0 Å². The van der Waals surface area contributed by atoms with Crippen LogP contribution in [0.1, 0.15) is 18.1 Å². The first-order valence-electron chi connectivity index (χ1n) is 6.22. The summed E-state index contributed by atoms with van der Waals surface area (Å²) in [6.45, 7) is 4.34. The molecule has 1 unspecified atom stereocenters. The Morgan fingerprint density at radius 1 is 1.06 bits per heavy atom. The highest BCUT2D eigenvalue weighted by molar-refractivity contribution is 9.10. The Morgan fingerprint density at radius 2 is 1.78 bits per heavy atom. The number of rotatable bonds is 4. The van der Waals surface area contributed by atoms with Crippen molar-refractivity contribution < 1.29 is 0 Å². The van der Waals surface area contributed by atoms with Crippen LogP contribution in [0.25, 0.3) is 0 Å². The molecule has 0 aliphatic heterocycles. The quantitative estimate of drug-likeness (QED) is 0.855. The molecule has 0 spiro atoms. The summed E-state index contributed by atoms with van der Waals surface area (Å²) in [6.07, 6.45) is 1.03. The van der Waals surface area contributed by atoms with Gasteiger partial charge >= 0.3 is 0 Å². The second kappa shape index (κ2) is 6.05. The minimum atomic E-state index is 0.417. The lowest BCUT2D eigenvalue weighted by molar-refractivity contribution is 0.789. The summed E-state index contributed by atoms with van der Waals surface area (Å²) in [6, 6.07) is 17.3. The molecule has 0 aliphatic rings. The highest BCUT2D eigenvalue weighted by Crippen LogP contribution is 2.24. The molecular weight excluding hydrogens is 286 g/mol. The zero-order valence-electron chi connectivity index (χ0n) is 10.8. The van der Waals surface area contributed by atoms with E-state index in [1.165, 1.54) is 16.8 Å². The van der Waals surface area contributed by atoms with Gasteiger partial charge in [-0.05, 0) is 43.5 Å². The minimum Gasteiger partial charge on any atom is -0.382 e. The van der Waals surface area contributed by atoms with E-state index in [1.807, 2.05) is 0 Å². The Labute approximate surface area is 117 Å². The van der Waals surface area contributed by atoms with Gasteiger partial charge in [0.25, 0.3) is 0 Å². The van der Waals surface area contributed by atoms with Gasteiger partial charge in [-0.2, -0.15) is 0 Å². The molecule has 1 N–H and O–H groups in total. The molecule has 2 aromatic carbocycles. The van der Waals surface area contributed by atoms with Gasteiger partial charge in [0.15, 0.2) is 0 Å². The molecule has 0 fully saturated rings. The van der Waals surface area contributed by atoms with Gasteiger partial charge in [-0.15, -0.1) is 0 Å². The second-order valence-electron chi connectivity index (χ2n) is 4.65. The molecule has 2 heteroatoms. The maximum Gasteiger partial charge on any atom is 0.0383 e. The van der Waals surface area contributed by atoms with Gasteiger partial charge in [-0.3, -0.25) is 0 Å². The highest BCUT2D eigenvalue weighted by Gasteiger charge is 2.06. The van der Waals surface area contributed by atoms with Crippen molar-refractivity contribution in [1.82, 2.24) is 0 Å². The van der Waals surface area contributed by atoms with E-state index in [2.05, 4.69) is 83.6 Å². The van der Waals surface area contributed by atoms with Gasteiger partial charge in [-0.1, -0.05) is 52.3 Å². The van der Waals surface area contributed by atoms with Crippen LogP contribution in [0.4, 0.5) is 5.69 Å². The topological polar surface area (TPSA) is 12.0 Å². The first-order chi connectivity index (χ1) is 8.66. The van der Waals surface area contributed by atoms with Gasteiger partial charge in [-0.25, -0.2) is 0 Å². The largest absolute Gasteiger partial charge is 0.382 e. The molecule has 2 rings (SSSR count). The fourth-order valence-electron chi connectivity index (χ4n) is 2.05. The van der Waals surface area contributed by atoms with Crippen LogP contribution >= 0.6 is 15.9 Å². The molecule has 1 atom stereocenters. The maximum absolute atomic E-state index is 3.57. The lowest BCUT2D eigenvalue weighted by atomic mass is 10.1. The van der Waals surface area contributed by atoms with Crippen molar-refractivity contribution in [3.05, 3.63) is 64.1 Å². The van der Waals surface area contributed by atoms with E-state index in [0.29, 0.717) is 6.04 Å². The van der Waals surface area contributed by atoms with Crippen LogP contribution in [0.2, 0.25) is 0 Å². The van der Waals surface area contributed by atoms with Crippen molar-refractivity contribution in [3.63, 3.8) is 0 Å². The lowest BCUT2D eigenvalue weighted by Crippen LogP contribution is -2.18. The average Bonchev–Trinajstić information content (AvgIpc) is 2.36. The molecule has 1 nitrogen and oxygen atoms in total. The molecule has 2 aromatic rings. The normalized spacial score (nSPS) is 12.2. The minimum absolute atomic E-state index is 0.417. The summed E-state index contributed by atoms with van der Waals surface area (Å²) in [4.78, 5) is 0. The lowest BCUT2D eigenvalue weighted by Gasteiger charge is -2.17. The van der Waals surface area contributed by atoms with E-state index in [4.69, 9.17) is 0 Å². The van der Waals surface area contributed by atoms with E-state index >= 15 is 0 Å². The zero-order valence-corrected chi connectivity index (χ0v) is 12.4. The third-order valence-corrected chi connectivity index (χ3v) is 3.91. The Morgan fingerprint density at radius 3 is 2.50 bits per heavy atom. The molecule has 0 aliphatic carbocycles. The SMILES string of the molecule is Cc1c(Br)cccc1NC(C)Cc1ccccc1. The number of anilines is 1. The number of halogens is 1. The Balaban J connectivity index is 2.03. The summed E-state index contributed by atoms with van der Waals surface area (Å²) in [7, 11) is 0. The molecule has 0 radical (unpaired) electrons. The Hall–Kier alpha value is -1.28. The van der Waals surface area contributed by atoms with E-state index in [1.54, 1.807) is 0 Å². The summed E-state index contributed by atoms with van der Waals surface area (Å²) in [5, 5.41) is 3.57. The fraction of sp³-hybridized carbons (Fsp3) is 0.250. The highest BCUT2D eigenvalue weighted by atomic mass is 79.9. The summed E-state index contributed by atoms with van der Waals surface area (Å²) < 4.78 is 1.15. The monoisotopic (exact) mass is 303 g/mol. The zero-order chi connectivity index (χ0) is 13.0. The molecular formula is C16H18BrN. The predicted octanol–water partition coefficient (Wildman–Crippen LogP) is 4.80. The molecule has 0 aromatic heterocycles. The van der Waals surface area contributed by atoms with Crippen molar-refractivity contribution in [2.24, 2.45) is 0 Å². The number of nitrogens with one attached hydrogen (secondary N) is 1. The molecule has 0 saturated heterocycles. The number of benzene rings is 2. The standard InChI is InChI=1S/C16H18BrN/c1-12(11-14-7-4-3-5-8-14)18-16-10-6-9-15(17)13(16)2/h3-10,12,18H,11H2,1-2H3. The Kier molecular flexibility index (Phi) is 4.43. The molecule has 0 heterocycles.